The van der Waals surface area contributed by atoms with E-state index in [1.807, 2.05) is 34.6 Å². The van der Waals surface area contributed by atoms with Crippen LogP contribution in [0.2, 0.25) is 0 Å². The first-order chi connectivity index (χ1) is 15.4. The molecule has 1 nitrogen and oxygen atoms in total. The molecule has 8 unspecified atom stereocenters. The molecule has 188 valence electrons. The molecule has 32 heavy (non-hydrogen) atoms. The Balaban J connectivity index is 0.000000860. The lowest BCUT2D eigenvalue weighted by Gasteiger charge is -2.58. The summed E-state index contributed by atoms with van der Waals surface area (Å²) in [4.78, 5) is 0. The van der Waals surface area contributed by atoms with Crippen LogP contribution in [0.3, 0.4) is 0 Å². The van der Waals surface area contributed by atoms with Crippen LogP contribution in [-0.4, -0.2) is 17.9 Å². The fraction of sp³-hybridized carbons (Fsp3) is 0.933. The smallest absolute Gasteiger partial charge is 0.0919 e. The molecule has 3 fully saturated rings. The maximum absolute atomic E-state index is 12.7. The van der Waals surface area contributed by atoms with Crippen molar-refractivity contribution in [1.29, 1.82) is 0 Å². The van der Waals surface area contributed by atoms with Crippen molar-refractivity contribution in [1.82, 2.24) is 0 Å². The first kappa shape index (κ1) is 27.9. The molecule has 8 atom stereocenters. The summed E-state index contributed by atoms with van der Waals surface area (Å²) in [6.45, 7) is 15.0. The van der Waals surface area contributed by atoms with Crippen molar-refractivity contribution in [2.45, 2.75) is 132 Å². The molecular formula is C30H55FO. The molecule has 2 heteroatoms. The summed E-state index contributed by atoms with van der Waals surface area (Å²) in [6.07, 6.45) is 17.5. The summed E-state index contributed by atoms with van der Waals surface area (Å²) in [5.74, 6) is 3.77. The van der Waals surface area contributed by atoms with Gasteiger partial charge in [0.25, 0.3) is 0 Å². The molecule has 0 aromatic heterocycles. The molecule has 0 radical (unpaired) electrons. The van der Waals surface area contributed by atoms with Gasteiger partial charge in [-0.2, -0.15) is 0 Å². The van der Waals surface area contributed by atoms with Gasteiger partial charge in [-0.25, -0.2) is 0 Å². The van der Waals surface area contributed by atoms with Crippen LogP contribution in [0.15, 0.2) is 11.6 Å². The van der Waals surface area contributed by atoms with Crippen molar-refractivity contribution in [2.24, 2.45) is 40.4 Å². The number of unbranched alkanes of at least 4 members (excludes halogenated alkanes) is 1. The zero-order chi connectivity index (χ0) is 23.9. The number of hydrogen-bond donors (Lipinski definition) is 1. The van der Waals surface area contributed by atoms with E-state index in [9.17, 15) is 9.50 Å². The van der Waals surface area contributed by atoms with Crippen LogP contribution in [0.4, 0.5) is 4.39 Å². The highest BCUT2D eigenvalue weighted by atomic mass is 19.1. The van der Waals surface area contributed by atoms with Crippen molar-refractivity contribution in [3.05, 3.63) is 11.6 Å². The molecule has 4 rings (SSSR count). The lowest BCUT2D eigenvalue weighted by atomic mass is 9.47. The largest absolute Gasteiger partial charge is 0.393 e. The molecular weight excluding hydrogens is 395 g/mol. The number of aliphatic hydroxyl groups is 1. The van der Waals surface area contributed by atoms with Crippen molar-refractivity contribution in [2.75, 3.05) is 6.67 Å². The summed E-state index contributed by atoms with van der Waals surface area (Å²) < 4.78 is 12.7. The third-order valence-corrected chi connectivity index (χ3v) is 10.0. The highest BCUT2D eigenvalue weighted by Crippen LogP contribution is 2.66. The third-order valence-electron chi connectivity index (χ3n) is 10.0. The third kappa shape index (κ3) is 5.47. The van der Waals surface area contributed by atoms with Crippen LogP contribution in [-0.2, 0) is 0 Å². The van der Waals surface area contributed by atoms with Crippen molar-refractivity contribution in [3.8, 4) is 0 Å². The predicted molar refractivity (Wildman–Crippen MR) is 138 cm³/mol. The number of rotatable bonds is 6. The number of allylic oxidation sites excluding steroid dienone is 1. The molecule has 0 aromatic carbocycles. The fourth-order valence-corrected chi connectivity index (χ4v) is 8.19. The summed E-state index contributed by atoms with van der Waals surface area (Å²) in [5, 5.41) is 10.2. The minimum atomic E-state index is -0.155. The summed E-state index contributed by atoms with van der Waals surface area (Å²) in [5.41, 5.74) is 2.50. The van der Waals surface area contributed by atoms with Crippen molar-refractivity contribution in [3.63, 3.8) is 0 Å². The Morgan fingerprint density at radius 2 is 1.72 bits per heavy atom. The van der Waals surface area contributed by atoms with Crippen LogP contribution in [0, 0.1) is 40.4 Å². The lowest BCUT2D eigenvalue weighted by Crippen LogP contribution is -2.50. The maximum atomic E-state index is 12.7. The van der Waals surface area contributed by atoms with Crippen molar-refractivity contribution >= 4 is 0 Å². The topological polar surface area (TPSA) is 20.2 Å². The summed E-state index contributed by atoms with van der Waals surface area (Å²) >= 11 is 0. The van der Waals surface area contributed by atoms with E-state index < -0.39 is 0 Å². The van der Waals surface area contributed by atoms with Gasteiger partial charge in [-0.3, -0.25) is 4.39 Å². The van der Waals surface area contributed by atoms with E-state index in [2.05, 4.69) is 19.9 Å². The SMILES string of the molecule is CC.CC.CC(CF)CCCCC1CCC2C3CC=C4CC(O)CCC4(C)C3CCC12C. The van der Waals surface area contributed by atoms with E-state index in [0.29, 0.717) is 10.8 Å². The molecule has 0 aliphatic heterocycles. The van der Waals surface area contributed by atoms with E-state index in [-0.39, 0.29) is 18.7 Å². The number of alkyl halides is 1. The van der Waals surface area contributed by atoms with E-state index >= 15 is 0 Å². The monoisotopic (exact) mass is 450 g/mol. The molecule has 0 aromatic rings. The average molecular weight is 451 g/mol. The Morgan fingerprint density at radius 3 is 2.41 bits per heavy atom. The van der Waals surface area contributed by atoms with Gasteiger partial charge < -0.3 is 5.11 Å². The minimum Gasteiger partial charge on any atom is -0.393 e. The molecule has 1 N–H and O–H groups in total. The standard InChI is InChI=1S/C26H43FO.2C2H6/c1-18(17-27)6-4-5-7-19-9-11-23-22-10-8-20-16-21(28)12-14-26(20,3)24(22)13-15-25(19,23)2;2*1-2/h8,18-19,21-24,28H,4-7,9-17H2,1-3H3;2*1-2H3. The highest BCUT2D eigenvalue weighted by molar-refractivity contribution is 5.25. The molecule has 4 aliphatic rings. The molecule has 4 aliphatic carbocycles. The van der Waals surface area contributed by atoms with Crippen LogP contribution < -0.4 is 0 Å². The second kappa shape index (κ2) is 12.4. The van der Waals surface area contributed by atoms with Crippen LogP contribution in [0.5, 0.6) is 0 Å². The Labute approximate surface area is 200 Å². The first-order valence-electron chi connectivity index (χ1n) is 14.3. The molecule has 0 heterocycles. The molecule has 0 saturated heterocycles. The Hall–Kier alpha value is -0.370. The van der Waals surface area contributed by atoms with E-state index in [1.165, 1.54) is 57.8 Å². The zero-order valence-electron chi connectivity index (χ0n) is 22.6. The molecule has 0 bridgehead atoms. The predicted octanol–water partition coefficient (Wildman–Crippen LogP) is 9.14. The van der Waals surface area contributed by atoms with E-state index in [4.69, 9.17) is 0 Å². The number of fused-ring (bicyclic) bond motifs is 5. The highest BCUT2D eigenvalue weighted by Gasteiger charge is 2.58. The quantitative estimate of drug-likeness (QED) is 0.316. The van der Waals surface area contributed by atoms with Gasteiger partial charge in [0.1, 0.15) is 0 Å². The average Bonchev–Trinajstić information content (AvgIpc) is 3.16. The number of hydrogen-bond acceptors (Lipinski definition) is 1. The molecule has 0 spiro atoms. The van der Waals surface area contributed by atoms with Gasteiger partial charge in [0.15, 0.2) is 0 Å². The van der Waals surface area contributed by atoms with Crippen LogP contribution >= 0.6 is 0 Å². The van der Waals surface area contributed by atoms with Crippen molar-refractivity contribution < 1.29 is 9.50 Å². The Kier molecular flexibility index (Phi) is 10.8. The van der Waals surface area contributed by atoms with Gasteiger partial charge in [0.2, 0.25) is 0 Å². The Bertz CT molecular complexity index is 585. The molecule has 3 saturated carbocycles. The van der Waals surface area contributed by atoms with Gasteiger partial charge >= 0.3 is 0 Å². The lowest BCUT2D eigenvalue weighted by molar-refractivity contribution is -0.0508. The second-order valence-electron chi connectivity index (χ2n) is 11.5. The first-order valence-corrected chi connectivity index (χ1v) is 14.3. The minimum absolute atomic E-state index is 0.0966. The number of halogens is 1. The maximum Gasteiger partial charge on any atom is 0.0919 e. The van der Waals surface area contributed by atoms with Crippen LogP contribution in [0.25, 0.3) is 0 Å². The van der Waals surface area contributed by atoms with Gasteiger partial charge in [-0.1, -0.05) is 73.0 Å². The molecule has 0 amide bonds. The van der Waals surface area contributed by atoms with E-state index in [1.54, 1.807) is 5.57 Å². The van der Waals surface area contributed by atoms with Gasteiger partial charge in [0, 0.05) is 0 Å². The van der Waals surface area contributed by atoms with Gasteiger partial charge in [-0.15, -0.1) is 0 Å². The van der Waals surface area contributed by atoms with Gasteiger partial charge in [-0.05, 0) is 105 Å². The number of aliphatic hydroxyl groups excluding tert-OH is 1. The van der Waals surface area contributed by atoms with E-state index in [0.717, 1.165) is 42.9 Å². The zero-order valence-corrected chi connectivity index (χ0v) is 22.6. The fourth-order valence-electron chi connectivity index (χ4n) is 8.19. The second-order valence-corrected chi connectivity index (χ2v) is 11.5. The Morgan fingerprint density at radius 1 is 1.00 bits per heavy atom. The summed E-state index contributed by atoms with van der Waals surface area (Å²) in [7, 11) is 0. The normalized spacial score (nSPS) is 40.9. The summed E-state index contributed by atoms with van der Waals surface area (Å²) in [6, 6.07) is 0. The van der Waals surface area contributed by atoms with Gasteiger partial charge in [0.05, 0.1) is 12.8 Å². The van der Waals surface area contributed by atoms with Crippen LogP contribution in [0.1, 0.15) is 126 Å².